The van der Waals surface area contributed by atoms with E-state index >= 15 is 0 Å². The van der Waals surface area contributed by atoms with Gasteiger partial charge >= 0.3 is 0 Å². The van der Waals surface area contributed by atoms with Crippen LogP contribution in [0, 0.1) is 10.8 Å². The van der Waals surface area contributed by atoms with Gasteiger partial charge in [0.15, 0.2) is 6.79 Å². The number of allylic oxidation sites excluding steroid dienone is 1. The summed E-state index contributed by atoms with van der Waals surface area (Å²) >= 11 is 0. The quantitative estimate of drug-likeness (QED) is 0.718. The summed E-state index contributed by atoms with van der Waals surface area (Å²) in [5.74, 6) is 1.09. The zero-order valence-electron chi connectivity index (χ0n) is 11.6. The van der Waals surface area contributed by atoms with Crippen molar-refractivity contribution in [3.8, 4) is 0 Å². The Balaban J connectivity index is 2.89. The number of rotatable bonds is 4. The lowest BCUT2D eigenvalue weighted by Gasteiger charge is -2.38. The molecule has 94 valence electrons. The lowest BCUT2D eigenvalue weighted by Crippen LogP contribution is -2.35. The molecule has 0 aromatic carbocycles. The first-order chi connectivity index (χ1) is 7.33. The van der Waals surface area contributed by atoms with Crippen LogP contribution >= 0.6 is 0 Å². The average molecular weight is 226 g/mol. The summed E-state index contributed by atoms with van der Waals surface area (Å²) in [6.07, 6.45) is 4.54. The Kier molecular flexibility index (Phi) is 4.06. The maximum atomic E-state index is 5.70. The largest absolute Gasteiger partial charge is 0.472 e. The van der Waals surface area contributed by atoms with E-state index in [0.29, 0.717) is 6.79 Å². The third-order valence-corrected chi connectivity index (χ3v) is 4.00. The molecule has 0 amide bonds. The fourth-order valence-electron chi connectivity index (χ4n) is 1.65. The molecule has 0 saturated heterocycles. The smallest absolute Gasteiger partial charge is 0.189 e. The molecule has 0 radical (unpaired) electrons. The molecule has 0 spiro atoms. The highest BCUT2D eigenvalue weighted by Crippen LogP contribution is 2.37. The van der Waals surface area contributed by atoms with Crippen LogP contribution < -0.4 is 0 Å². The van der Waals surface area contributed by atoms with Gasteiger partial charge in [-0.1, -0.05) is 41.5 Å². The molecular weight excluding hydrogens is 200 g/mol. The first-order valence-electron chi connectivity index (χ1n) is 6.30. The van der Waals surface area contributed by atoms with E-state index in [9.17, 15) is 0 Å². The van der Waals surface area contributed by atoms with Crippen LogP contribution in [0.2, 0.25) is 0 Å². The molecule has 1 aliphatic rings. The lowest BCUT2D eigenvalue weighted by molar-refractivity contribution is -0.118. The average Bonchev–Trinajstić information content (AvgIpc) is 2.29. The van der Waals surface area contributed by atoms with Crippen LogP contribution in [-0.4, -0.2) is 12.9 Å². The van der Waals surface area contributed by atoms with Gasteiger partial charge < -0.3 is 9.47 Å². The highest BCUT2D eigenvalue weighted by Gasteiger charge is 2.33. The molecule has 2 nitrogen and oxygen atoms in total. The number of ether oxygens (including phenoxy) is 2. The van der Waals surface area contributed by atoms with Gasteiger partial charge in [0.05, 0.1) is 6.10 Å². The summed E-state index contributed by atoms with van der Waals surface area (Å²) in [6.45, 7) is 13.7. The third kappa shape index (κ3) is 2.79. The van der Waals surface area contributed by atoms with Crippen molar-refractivity contribution in [2.45, 2.75) is 60.5 Å². The van der Waals surface area contributed by atoms with Gasteiger partial charge in [-0.25, -0.2) is 0 Å². The van der Waals surface area contributed by atoms with Crippen molar-refractivity contribution in [1.82, 2.24) is 0 Å². The van der Waals surface area contributed by atoms with E-state index in [4.69, 9.17) is 9.47 Å². The Hall–Kier alpha value is -0.500. The first-order valence-corrected chi connectivity index (χ1v) is 6.30. The summed E-state index contributed by atoms with van der Waals surface area (Å²) in [6, 6.07) is 0. The van der Waals surface area contributed by atoms with Crippen LogP contribution in [0.25, 0.3) is 0 Å². The molecule has 0 N–H and O–H groups in total. The molecule has 1 unspecified atom stereocenters. The van der Waals surface area contributed by atoms with Crippen LogP contribution in [0.5, 0.6) is 0 Å². The van der Waals surface area contributed by atoms with Crippen LogP contribution in [-0.2, 0) is 9.47 Å². The van der Waals surface area contributed by atoms with E-state index in [1.807, 2.05) is 0 Å². The minimum atomic E-state index is 0.117. The van der Waals surface area contributed by atoms with Gasteiger partial charge in [-0.2, -0.15) is 0 Å². The Morgan fingerprint density at radius 3 is 2.31 bits per heavy atom. The van der Waals surface area contributed by atoms with Gasteiger partial charge in [0, 0.05) is 5.41 Å². The molecule has 0 bridgehead atoms. The van der Waals surface area contributed by atoms with E-state index in [-0.39, 0.29) is 16.9 Å². The van der Waals surface area contributed by atoms with Crippen molar-refractivity contribution >= 4 is 0 Å². The molecule has 0 aromatic rings. The second-order valence-corrected chi connectivity index (χ2v) is 5.96. The van der Waals surface area contributed by atoms with Crippen LogP contribution in [0.15, 0.2) is 11.8 Å². The van der Waals surface area contributed by atoms with Crippen LogP contribution in [0.4, 0.5) is 0 Å². The van der Waals surface area contributed by atoms with E-state index in [1.54, 1.807) is 0 Å². The molecule has 0 aromatic heterocycles. The summed E-state index contributed by atoms with van der Waals surface area (Å²) in [7, 11) is 0. The highest BCUT2D eigenvalue weighted by molar-refractivity contribution is 5.11. The molecule has 16 heavy (non-hydrogen) atoms. The second-order valence-electron chi connectivity index (χ2n) is 5.96. The van der Waals surface area contributed by atoms with Gasteiger partial charge in [0.25, 0.3) is 0 Å². The van der Waals surface area contributed by atoms with E-state index < -0.39 is 0 Å². The zero-order chi connectivity index (χ0) is 12.4. The zero-order valence-corrected chi connectivity index (χ0v) is 11.6. The minimum absolute atomic E-state index is 0.117. The Bertz CT molecular complexity index is 264. The maximum absolute atomic E-state index is 5.70. The standard InChI is InChI=1S/C14H26O2/c1-7-13(3,4)11-9-12(16-10-15-11)14(5,6)8-2/h9,11H,7-8,10H2,1-6H3. The normalized spacial score (nSPS) is 22.6. The maximum Gasteiger partial charge on any atom is 0.189 e. The first kappa shape index (κ1) is 13.6. The van der Waals surface area contributed by atoms with E-state index in [1.165, 1.54) is 0 Å². The summed E-state index contributed by atoms with van der Waals surface area (Å²) < 4.78 is 11.3. The fourth-order valence-corrected chi connectivity index (χ4v) is 1.65. The van der Waals surface area contributed by atoms with E-state index in [0.717, 1.165) is 18.6 Å². The number of hydrogen-bond acceptors (Lipinski definition) is 2. The molecule has 0 aliphatic carbocycles. The monoisotopic (exact) mass is 226 g/mol. The van der Waals surface area contributed by atoms with Crippen LogP contribution in [0.1, 0.15) is 54.4 Å². The molecule has 2 heteroatoms. The van der Waals surface area contributed by atoms with Gasteiger partial charge in [-0.15, -0.1) is 0 Å². The van der Waals surface area contributed by atoms with Gasteiger partial charge in [-0.05, 0) is 24.3 Å². The SMILES string of the molecule is CCC(C)(C)C1=CC(C(C)(C)CC)OCO1. The van der Waals surface area contributed by atoms with Crippen molar-refractivity contribution in [3.05, 3.63) is 11.8 Å². The molecular formula is C14H26O2. The van der Waals surface area contributed by atoms with Gasteiger partial charge in [0.1, 0.15) is 5.76 Å². The molecule has 1 aliphatic heterocycles. The second kappa shape index (κ2) is 4.79. The summed E-state index contributed by atoms with van der Waals surface area (Å²) in [4.78, 5) is 0. The van der Waals surface area contributed by atoms with Crippen LogP contribution in [0.3, 0.4) is 0 Å². The molecule has 1 rings (SSSR count). The topological polar surface area (TPSA) is 18.5 Å². The van der Waals surface area contributed by atoms with Crippen molar-refractivity contribution < 1.29 is 9.47 Å². The highest BCUT2D eigenvalue weighted by atomic mass is 16.7. The molecule has 0 fully saturated rings. The molecule has 0 saturated carbocycles. The fraction of sp³-hybridized carbons (Fsp3) is 0.857. The third-order valence-electron chi connectivity index (χ3n) is 4.00. The molecule has 1 heterocycles. The minimum Gasteiger partial charge on any atom is -0.472 e. The molecule has 1 atom stereocenters. The predicted octanol–water partition coefficient (Wildman–Crippen LogP) is 4.12. The Morgan fingerprint density at radius 1 is 1.19 bits per heavy atom. The number of hydrogen-bond donors (Lipinski definition) is 0. The Labute approximate surface area is 100 Å². The van der Waals surface area contributed by atoms with Gasteiger partial charge in [-0.3, -0.25) is 0 Å². The summed E-state index contributed by atoms with van der Waals surface area (Å²) in [5.41, 5.74) is 0.296. The van der Waals surface area contributed by atoms with Crippen molar-refractivity contribution in [3.63, 3.8) is 0 Å². The predicted molar refractivity (Wildman–Crippen MR) is 67.1 cm³/mol. The summed E-state index contributed by atoms with van der Waals surface area (Å²) in [5, 5.41) is 0. The van der Waals surface area contributed by atoms with Crippen molar-refractivity contribution in [2.75, 3.05) is 6.79 Å². The lowest BCUT2D eigenvalue weighted by atomic mass is 9.80. The Morgan fingerprint density at radius 2 is 1.81 bits per heavy atom. The van der Waals surface area contributed by atoms with Gasteiger partial charge in [0.2, 0.25) is 0 Å². The van der Waals surface area contributed by atoms with Crippen molar-refractivity contribution in [1.29, 1.82) is 0 Å². The van der Waals surface area contributed by atoms with E-state index in [2.05, 4.69) is 47.6 Å². The van der Waals surface area contributed by atoms with Crippen molar-refractivity contribution in [2.24, 2.45) is 10.8 Å².